The Kier molecular flexibility index (Phi) is 4.56. The Morgan fingerprint density at radius 1 is 0.880 bits per heavy atom. The van der Waals surface area contributed by atoms with Crippen LogP contribution < -0.4 is 4.90 Å². The fourth-order valence-corrected chi connectivity index (χ4v) is 3.86. The first-order valence-electron chi connectivity index (χ1n) is 9.23. The molecule has 2 nitrogen and oxygen atoms in total. The lowest BCUT2D eigenvalue weighted by atomic mass is 9.92. The molecule has 0 aromatic heterocycles. The van der Waals surface area contributed by atoms with Crippen molar-refractivity contribution in [3.05, 3.63) is 82.9 Å². The first kappa shape index (κ1) is 16.3. The molecule has 4 rings (SSSR count). The van der Waals surface area contributed by atoms with Crippen LogP contribution in [0.5, 0.6) is 0 Å². The van der Waals surface area contributed by atoms with Crippen molar-refractivity contribution in [2.75, 3.05) is 27.2 Å². The first-order valence-corrected chi connectivity index (χ1v) is 9.23. The zero-order valence-electron chi connectivity index (χ0n) is 15.1. The molecule has 0 radical (unpaired) electrons. The van der Waals surface area contributed by atoms with Crippen LogP contribution in [0.4, 0.5) is 0 Å². The highest BCUT2D eigenvalue weighted by molar-refractivity contribution is 5.87. The fourth-order valence-electron chi connectivity index (χ4n) is 3.86. The molecule has 0 unspecified atom stereocenters. The number of aryl methyl sites for hydroxylation is 2. The number of hydrogen-bond acceptors (Lipinski definition) is 1. The summed E-state index contributed by atoms with van der Waals surface area (Å²) in [7, 11) is 4.35. The third-order valence-electron chi connectivity index (χ3n) is 5.21. The second kappa shape index (κ2) is 6.99. The van der Waals surface area contributed by atoms with Gasteiger partial charge in [0.1, 0.15) is 12.6 Å². The molecule has 1 atom stereocenters. The predicted octanol–water partition coefficient (Wildman–Crippen LogP) is 3.19. The molecule has 3 aromatic rings. The van der Waals surface area contributed by atoms with Gasteiger partial charge >= 0.3 is 0 Å². The normalized spacial score (nSPS) is 16.5. The summed E-state index contributed by atoms with van der Waals surface area (Å²) in [5, 5.41) is 2.63. The number of benzene rings is 3. The van der Waals surface area contributed by atoms with Crippen LogP contribution in [0, 0.1) is 0 Å². The zero-order chi connectivity index (χ0) is 17.2. The van der Waals surface area contributed by atoms with Crippen molar-refractivity contribution in [2.45, 2.75) is 18.9 Å². The van der Waals surface area contributed by atoms with Gasteiger partial charge in [0.15, 0.2) is 0 Å². The Balaban J connectivity index is 1.86. The van der Waals surface area contributed by atoms with E-state index in [-0.39, 0.29) is 6.10 Å². The Morgan fingerprint density at radius 2 is 1.64 bits per heavy atom. The summed E-state index contributed by atoms with van der Waals surface area (Å²) < 4.78 is 6.51. The average Bonchev–Trinajstić information content (AvgIpc) is 2.79. The largest absolute Gasteiger partial charge is 0.363 e. The van der Waals surface area contributed by atoms with Crippen molar-refractivity contribution >= 4 is 10.8 Å². The molecule has 1 aliphatic carbocycles. The van der Waals surface area contributed by atoms with Gasteiger partial charge < -0.3 is 9.64 Å². The van der Waals surface area contributed by atoms with Crippen LogP contribution in [-0.4, -0.2) is 27.2 Å². The summed E-state index contributed by atoms with van der Waals surface area (Å²) in [6, 6.07) is 22.1. The van der Waals surface area contributed by atoms with Gasteiger partial charge in [0.05, 0.1) is 20.7 Å². The maximum atomic E-state index is 6.51. The van der Waals surface area contributed by atoms with Gasteiger partial charge in [0, 0.05) is 0 Å². The molecule has 0 spiro atoms. The van der Waals surface area contributed by atoms with E-state index in [1.165, 1.54) is 37.9 Å². The minimum Gasteiger partial charge on any atom is -0.363 e. The van der Waals surface area contributed by atoms with Gasteiger partial charge in [0.2, 0.25) is 0 Å². The molecule has 0 amide bonds. The summed E-state index contributed by atoms with van der Waals surface area (Å²) in [4.78, 5) is 1.42. The van der Waals surface area contributed by atoms with Crippen LogP contribution in [0.3, 0.4) is 0 Å². The van der Waals surface area contributed by atoms with E-state index in [0.717, 1.165) is 26.0 Å². The monoisotopic (exact) mass is 332 g/mol. The lowest BCUT2D eigenvalue weighted by molar-refractivity contribution is -0.858. The Bertz CT molecular complexity index is 884. The van der Waals surface area contributed by atoms with Crippen molar-refractivity contribution in [3.8, 4) is 0 Å². The summed E-state index contributed by atoms with van der Waals surface area (Å²) in [6.45, 7) is 1.78. The van der Waals surface area contributed by atoms with Crippen molar-refractivity contribution in [3.63, 3.8) is 0 Å². The average molecular weight is 332 g/mol. The van der Waals surface area contributed by atoms with E-state index in [2.05, 4.69) is 74.8 Å². The van der Waals surface area contributed by atoms with E-state index in [9.17, 15) is 0 Å². The Hall–Kier alpha value is -2.16. The van der Waals surface area contributed by atoms with Gasteiger partial charge in [-0.15, -0.1) is 0 Å². The summed E-state index contributed by atoms with van der Waals surface area (Å²) in [6.07, 6.45) is 2.19. The summed E-state index contributed by atoms with van der Waals surface area (Å²) >= 11 is 0. The molecule has 1 aliphatic rings. The van der Waals surface area contributed by atoms with Crippen molar-refractivity contribution < 1.29 is 9.64 Å². The number of quaternary nitrogens is 1. The highest BCUT2D eigenvalue weighted by Crippen LogP contribution is 2.39. The number of ether oxygens (including phenoxy) is 1. The van der Waals surface area contributed by atoms with Crippen LogP contribution in [-0.2, 0) is 17.6 Å². The fraction of sp³-hybridized carbons (Fsp3) is 0.304. The molecule has 0 heterocycles. The lowest BCUT2D eigenvalue weighted by Gasteiger charge is -2.23. The molecule has 128 valence electrons. The van der Waals surface area contributed by atoms with Gasteiger partial charge in [-0.05, 0) is 45.9 Å². The van der Waals surface area contributed by atoms with E-state index in [1.54, 1.807) is 0 Å². The molecular weight excluding hydrogens is 306 g/mol. The third kappa shape index (κ3) is 3.20. The topological polar surface area (TPSA) is 13.7 Å². The number of hydrogen-bond donors (Lipinski definition) is 1. The van der Waals surface area contributed by atoms with Crippen LogP contribution in [0.1, 0.15) is 28.4 Å². The SMILES string of the molecule is C[NH+](C)CCO[C@@H]1c2ccccc2CCc2ccc3ccccc3c21. The molecular formula is C23H26NO+. The maximum Gasteiger partial charge on any atom is 0.109 e. The van der Waals surface area contributed by atoms with E-state index in [4.69, 9.17) is 4.74 Å². The number of fused-ring (bicyclic) bond motifs is 4. The quantitative estimate of drug-likeness (QED) is 0.775. The smallest absolute Gasteiger partial charge is 0.109 e. The Morgan fingerprint density at radius 3 is 2.52 bits per heavy atom. The van der Waals surface area contributed by atoms with Crippen molar-refractivity contribution in [1.29, 1.82) is 0 Å². The van der Waals surface area contributed by atoms with Crippen LogP contribution >= 0.6 is 0 Å². The van der Waals surface area contributed by atoms with Gasteiger partial charge in [-0.25, -0.2) is 0 Å². The number of rotatable bonds is 4. The molecule has 0 saturated heterocycles. The van der Waals surface area contributed by atoms with Gasteiger partial charge in [0.25, 0.3) is 0 Å². The second-order valence-electron chi connectivity index (χ2n) is 7.27. The van der Waals surface area contributed by atoms with Crippen molar-refractivity contribution in [2.24, 2.45) is 0 Å². The minimum atomic E-state index is 0.0270. The van der Waals surface area contributed by atoms with Gasteiger partial charge in [-0.1, -0.05) is 60.7 Å². The van der Waals surface area contributed by atoms with E-state index >= 15 is 0 Å². The molecule has 0 bridgehead atoms. The molecule has 3 aromatic carbocycles. The first-order chi connectivity index (χ1) is 12.2. The van der Waals surface area contributed by atoms with Crippen LogP contribution in [0.2, 0.25) is 0 Å². The van der Waals surface area contributed by atoms with Crippen LogP contribution in [0.15, 0.2) is 60.7 Å². The second-order valence-corrected chi connectivity index (χ2v) is 7.27. The van der Waals surface area contributed by atoms with Gasteiger partial charge in [-0.2, -0.15) is 0 Å². The standard InChI is InChI=1S/C23H25NO/c1-24(2)15-16-25-23-21-10-6-4-8-18(21)12-14-19-13-11-17-7-3-5-9-20(17)22(19)23/h3-11,13,23H,12,14-16H2,1-2H3/p+1/t23-/m1/s1. The number of likely N-dealkylation sites (N-methyl/N-ethyl adjacent to an activating group) is 1. The highest BCUT2D eigenvalue weighted by Gasteiger charge is 2.26. The lowest BCUT2D eigenvalue weighted by Crippen LogP contribution is -3.06. The maximum absolute atomic E-state index is 6.51. The zero-order valence-corrected chi connectivity index (χ0v) is 15.1. The summed E-state index contributed by atoms with van der Waals surface area (Å²) in [5.41, 5.74) is 5.56. The van der Waals surface area contributed by atoms with E-state index in [0.29, 0.717) is 0 Å². The summed E-state index contributed by atoms with van der Waals surface area (Å²) in [5.74, 6) is 0. The Labute approximate surface area is 150 Å². The molecule has 0 saturated carbocycles. The molecule has 25 heavy (non-hydrogen) atoms. The van der Waals surface area contributed by atoms with E-state index in [1.807, 2.05) is 0 Å². The van der Waals surface area contributed by atoms with Crippen molar-refractivity contribution in [1.82, 2.24) is 0 Å². The molecule has 0 fully saturated rings. The molecule has 0 aliphatic heterocycles. The van der Waals surface area contributed by atoms with E-state index < -0.39 is 0 Å². The van der Waals surface area contributed by atoms with Gasteiger partial charge in [-0.3, -0.25) is 0 Å². The molecule has 1 N–H and O–H groups in total. The predicted molar refractivity (Wildman–Crippen MR) is 103 cm³/mol. The third-order valence-corrected chi connectivity index (χ3v) is 5.21. The minimum absolute atomic E-state index is 0.0270. The molecule has 2 heteroatoms. The number of nitrogens with one attached hydrogen (secondary N) is 1. The highest BCUT2D eigenvalue weighted by atomic mass is 16.5. The van der Waals surface area contributed by atoms with Crippen LogP contribution in [0.25, 0.3) is 10.8 Å².